The van der Waals surface area contributed by atoms with Crippen LogP contribution in [0, 0.1) is 6.92 Å². The average Bonchev–Trinajstić information content (AvgIpc) is 3.09. The van der Waals surface area contributed by atoms with Crippen molar-refractivity contribution in [2.75, 3.05) is 33.6 Å². The number of aryl methyl sites for hydroxylation is 2. The van der Waals surface area contributed by atoms with Gasteiger partial charge in [-0.15, -0.1) is 0 Å². The van der Waals surface area contributed by atoms with Crippen molar-refractivity contribution in [2.24, 2.45) is 0 Å². The van der Waals surface area contributed by atoms with Crippen LogP contribution in [0.5, 0.6) is 0 Å². The summed E-state index contributed by atoms with van der Waals surface area (Å²) in [5, 5.41) is 13.0. The first-order chi connectivity index (χ1) is 22.1. The average molecular weight is 639 g/mol. The van der Waals surface area contributed by atoms with E-state index >= 15 is 0 Å². The van der Waals surface area contributed by atoms with Crippen molar-refractivity contribution in [3.63, 3.8) is 0 Å². The molecule has 3 aromatic carbocycles. The highest BCUT2D eigenvalue weighted by atomic mass is 16.2. The van der Waals surface area contributed by atoms with E-state index in [9.17, 15) is 9.59 Å². The first kappa shape index (κ1) is 52.0. The van der Waals surface area contributed by atoms with Crippen LogP contribution in [0.3, 0.4) is 0 Å². The van der Waals surface area contributed by atoms with Gasteiger partial charge >= 0.3 is 0 Å². The lowest BCUT2D eigenvalue weighted by molar-refractivity contribution is -0.107. The summed E-state index contributed by atoms with van der Waals surface area (Å²) in [6.07, 6.45) is 6.57. The van der Waals surface area contributed by atoms with E-state index in [1.165, 1.54) is 30.4 Å². The number of allylic oxidation sites excluding steroid dienone is 1. The zero-order valence-electron chi connectivity index (χ0n) is 32.0. The topological polar surface area (TPSA) is 78.4 Å². The number of unbranched alkanes of at least 4 members (excludes halogenated alkanes) is 2. The Hall–Kier alpha value is -3.54. The number of aliphatic hydroxyl groups excluding tert-OH is 1. The van der Waals surface area contributed by atoms with Crippen LogP contribution in [-0.2, 0) is 11.2 Å². The number of carbonyl (C=O) groups excluding carboxylic acids is 2. The van der Waals surface area contributed by atoms with Gasteiger partial charge in [0.25, 0.3) is 0 Å². The number of aliphatic hydroxyl groups is 1. The van der Waals surface area contributed by atoms with Gasteiger partial charge in [0, 0.05) is 37.4 Å². The van der Waals surface area contributed by atoms with Gasteiger partial charge in [-0.3, -0.25) is 4.79 Å². The predicted octanol–water partition coefficient (Wildman–Crippen LogP) is 11.0. The van der Waals surface area contributed by atoms with E-state index in [2.05, 4.69) is 87.4 Å². The van der Waals surface area contributed by atoms with Crippen LogP contribution in [0.4, 0.5) is 5.69 Å². The molecule has 3 aromatic rings. The minimum absolute atomic E-state index is 0.0966. The van der Waals surface area contributed by atoms with Gasteiger partial charge in [0.2, 0.25) is 0 Å². The Kier molecular flexibility index (Phi) is 46.9. The number of aldehydes is 1. The number of hydrogen-bond donors (Lipinski definition) is 3. The summed E-state index contributed by atoms with van der Waals surface area (Å²) in [4.78, 5) is 20.8. The number of carbonyl (C=O) groups is 2. The van der Waals surface area contributed by atoms with Crippen LogP contribution in [0.1, 0.15) is 109 Å². The SMILES string of the molecule is C=C(C)CC=O.CC.CC.CCCCC.CCc1ccccc1.CNC.CNc1cc(C)ccc1-c1ccc(C(C)=O)cc1.CO. The summed E-state index contributed by atoms with van der Waals surface area (Å²) >= 11 is 0. The Bertz CT molecular complexity index is 1060. The van der Waals surface area contributed by atoms with Crippen molar-refractivity contribution in [2.45, 2.75) is 101 Å². The van der Waals surface area contributed by atoms with Gasteiger partial charge in [-0.25, -0.2) is 0 Å². The van der Waals surface area contributed by atoms with Gasteiger partial charge < -0.3 is 20.5 Å². The summed E-state index contributed by atoms with van der Waals surface area (Å²) in [5.41, 5.74) is 7.67. The summed E-state index contributed by atoms with van der Waals surface area (Å²) in [6.45, 7) is 23.6. The number of ketones is 1. The Morgan fingerprint density at radius 2 is 1.28 bits per heavy atom. The molecule has 0 aliphatic rings. The van der Waals surface area contributed by atoms with Crippen LogP contribution < -0.4 is 10.6 Å². The largest absolute Gasteiger partial charge is 0.400 e. The van der Waals surface area contributed by atoms with Crippen molar-refractivity contribution in [1.29, 1.82) is 0 Å². The summed E-state index contributed by atoms with van der Waals surface area (Å²) in [6, 6.07) is 24.5. The maximum absolute atomic E-state index is 11.2. The molecule has 262 valence electrons. The number of rotatable bonds is 8. The smallest absolute Gasteiger partial charge is 0.159 e. The summed E-state index contributed by atoms with van der Waals surface area (Å²) in [7, 11) is 6.67. The Morgan fingerprint density at radius 1 is 0.804 bits per heavy atom. The van der Waals surface area contributed by atoms with Crippen molar-refractivity contribution in [3.8, 4) is 11.1 Å². The molecule has 3 rings (SSSR count). The van der Waals surface area contributed by atoms with Gasteiger partial charge in [0.15, 0.2) is 5.78 Å². The summed E-state index contributed by atoms with van der Waals surface area (Å²) in [5.74, 6) is 0.0966. The van der Waals surface area contributed by atoms with Crippen LogP contribution in [0.15, 0.2) is 84.9 Å². The number of benzene rings is 3. The fourth-order valence-electron chi connectivity index (χ4n) is 3.21. The van der Waals surface area contributed by atoms with Gasteiger partial charge in [0.05, 0.1) is 0 Å². The molecule has 0 saturated carbocycles. The lowest BCUT2D eigenvalue weighted by Gasteiger charge is -2.10. The van der Waals surface area contributed by atoms with E-state index < -0.39 is 0 Å². The fraction of sp³-hybridized carbons (Fsp3) is 0.463. The predicted molar refractivity (Wildman–Crippen MR) is 209 cm³/mol. The van der Waals surface area contributed by atoms with Crippen LogP contribution >= 0.6 is 0 Å². The molecule has 0 aromatic heterocycles. The minimum Gasteiger partial charge on any atom is -0.400 e. The second kappa shape index (κ2) is 41.5. The second-order valence-electron chi connectivity index (χ2n) is 9.45. The molecule has 5 heteroatoms. The van der Waals surface area contributed by atoms with Gasteiger partial charge in [-0.05, 0) is 64.0 Å². The molecule has 0 atom stereocenters. The molecule has 0 bridgehead atoms. The molecule has 0 spiro atoms. The first-order valence-corrected chi connectivity index (χ1v) is 16.7. The van der Waals surface area contributed by atoms with E-state index in [1.54, 1.807) is 6.92 Å². The van der Waals surface area contributed by atoms with E-state index in [4.69, 9.17) is 5.11 Å². The third kappa shape index (κ3) is 31.9. The van der Waals surface area contributed by atoms with Crippen molar-refractivity contribution in [1.82, 2.24) is 5.32 Å². The molecule has 0 heterocycles. The fourth-order valence-corrected chi connectivity index (χ4v) is 3.21. The first-order valence-electron chi connectivity index (χ1n) is 16.7. The molecule has 46 heavy (non-hydrogen) atoms. The highest BCUT2D eigenvalue weighted by Crippen LogP contribution is 2.28. The van der Waals surface area contributed by atoms with Crippen molar-refractivity contribution >= 4 is 17.8 Å². The molecular weight excluding hydrogens is 568 g/mol. The highest BCUT2D eigenvalue weighted by Gasteiger charge is 2.05. The minimum atomic E-state index is 0.0966. The number of anilines is 1. The van der Waals surface area contributed by atoms with Crippen LogP contribution in [0.2, 0.25) is 0 Å². The lowest BCUT2D eigenvalue weighted by atomic mass is 10.00. The molecule has 0 radical (unpaired) electrons. The van der Waals surface area contributed by atoms with E-state index in [0.717, 1.165) is 47.8 Å². The number of hydrogen-bond acceptors (Lipinski definition) is 5. The van der Waals surface area contributed by atoms with E-state index in [1.807, 2.05) is 86.1 Å². The monoisotopic (exact) mass is 639 g/mol. The third-order valence-electron chi connectivity index (χ3n) is 5.44. The molecule has 0 saturated heterocycles. The molecule has 0 aliphatic carbocycles. The summed E-state index contributed by atoms with van der Waals surface area (Å²) < 4.78 is 0. The lowest BCUT2D eigenvalue weighted by Crippen LogP contribution is -1.94. The maximum Gasteiger partial charge on any atom is 0.159 e. The van der Waals surface area contributed by atoms with Crippen molar-refractivity contribution < 1.29 is 14.7 Å². The third-order valence-corrected chi connectivity index (χ3v) is 5.44. The standard InChI is InChI=1S/C16H17NO.C8H10.C5H8O.C5H12.C2H7N.2C2H6.CH4O/c1-11-4-9-15(16(10-11)17-3)14-7-5-13(6-8-14)12(2)18;1-2-8-6-4-3-5-7-8;1-5(2)3-4-6;1-3-5-4-2;1-3-2;3*1-2/h4-10,17H,1-3H3;3-7H,2H2,1H3;4H,1,3H2,2H3;3-5H2,1-2H3;3H,1-2H3;2*1-2H3;2H,1H3. The van der Waals surface area contributed by atoms with Gasteiger partial charge in [-0.1, -0.05) is 147 Å². The number of nitrogens with one attached hydrogen (secondary N) is 2. The van der Waals surface area contributed by atoms with Gasteiger partial charge in [0.1, 0.15) is 6.29 Å². The molecule has 0 aliphatic heterocycles. The maximum atomic E-state index is 11.2. The molecule has 3 N–H and O–H groups in total. The molecule has 0 unspecified atom stereocenters. The zero-order valence-corrected chi connectivity index (χ0v) is 32.0. The normalized spacial score (nSPS) is 8.24. The molecule has 0 fully saturated rings. The molecular formula is C41H70N2O3. The molecule has 0 amide bonds. The van der Waals surface area contributed by atoms with Gasteiger partial charge in [-0.2, -0.15) is 0 Å². The quantitative estimate of drug-likeness (QED) is 0.130. The Labute approximate surface area is 285 Å². The Morgan fingerprint density at radius 3 is 1.57 bits per heavy atom. The van der Waals surface area contributed by atoms with Crippen molar-refractivity contribution in [3.05, 3.63) is 102 Å². The highest BCUT2D eigenvalue weighted by molar-refractivity contribution is 5.94. The van der Waals surface area contributed by atoms with E-state index in [0.29, 0.717) is 6.42 Å². The zero-order chi connectivity index (χ0) is 36.8. The van der Waals surface area contributed by atoms with E-state index in [-0.39, 0.29) is 5.78 Å². The van der Waals surface area contributed by atoms with Crippen LogP contribution in [0.25, 0.3) is 11.1 Å². The van der Waals surface area contributed by atoms with Crippen LogP contribution in [-0.4, -0.2) is 45.4 Å². The second-order valence-corrected chi connectivity index (χ2v) is 9.45. The number of Topliss-reactive ketones (excluding diaryl/α,β-unsaturated/α-hetero) is 1. The Balaban J connectivity index is -0.000000168. The molecule has 5 nitrogen and oxygen atoms in total.